The van der Waals surface area contributed by atoms with Crippen molar-refractivity contribution in [2.45, 2.75) is 6.42 Å². The van der Waals surface area contributed by atoms with Gasteiger partial charge in [-0.3, -0.25) is 4.79 Å². The smallest absolute Gasteiger partial charge is 0.232 e. The van der Waals surface area contributed by atoms with Crippen molar-refractivity contribution in [2.24, 2.45) is 11.3 Å². The maximum Gasteiger partial charge on any atom is 0.232 e. The van der Waals surface area contributed by atoms with E-state index in [0.29, 0.717) is 5.92 Å². The zero-order chi connectivity index (χ0) is 7.19. The molecule has 0 radical (unpaired) electrons. The fraction of sp³-hybridized carbons (Fsp3) is 0.375. The quantitative estimate of drug-likeness (QED) is 0.527. The standard InChI is InChI=1S/C8H7ClO/c9-7(10)8-4-2-1-3-6(8)5-8/h1-4,6H,5H2. The highest BCUT2D eigenvalue weighted by Crippen LogP contribution is 2.57. The van der Waals surface area contributed by atoms with Crippen molar-refractivity contribution in [3.8, 4) is 0 Å². The van der Waals surface area contributed by atoms with Gasteiger partial charge >= 0.3 is 0 Å². The zero-order valence-electron chi connectivity index (χ0n) is 5.38. The van der Waals surface area contributed by atoms with Crippen molar-refractivity contribution in [3.63, 3.8) is 0 Å². The van der Waals surface area contributed by atoms with Gasteiger partial charge in [-0.2, -0.15) is 0 Å². The number of rotatable bonds is 1. The van der Waals surface area contributed by atoms with Gasteiger partial charge in [0.05, 0.1) is 5.41 Å². The molecular formula is C8H7ClO. The summed E-state index contributed by atoms with van der Waals surface area (Å²) in [7, 11) is 0. The van der Waals surface area contributed by atoms with Crippen LogP contribution in [0, 0.1) is 11.3 Å². The fourth-order valence-corrected chi connectivity index (χ4v) is 1.73. The second-order valence-corrected chi connectivity index (χ2v) is 3.21. The van der Waals surface area contributed by atoms with Crippen LogP contribution in [0.2, 0.25) is 0 Å². The summed E-state index contributed by atoms with van der Waals surface area (Å²) in [4.78, 5) is 10.8. The Morgan fingerprint density at radius 3 is 2.90 bits per heavy atom. The van der Waals surface area contributed by atoms with Crippen LogP contribution in [0.5, 0.6) is 0 Å². The normalized spacial score (nSPS) is 41.1. The fourth-order valence-electron chi connectivity index (χ4n) is 1.45. The summed E-state index contributed by atoms with van der Waals surface area (Å²) in [5.41, 5.74) is -0.295. The highest BCUT2D eigenvalue weighted by atomic mass is 35.5. The summed E-state index contributed by atoms with van der Waals surface area (Å²) >= 11 is 5.42. The predicted octanol–water partition coefficient (Wildman–Crippen LogP) is 1.88. The molecule has 1 nitrogen and oxygen atoms in total. The number of hydrogen-bond acceptors (Lipinski definition) is 1. The summed E-state index contributed by atoms with van der Waals surface area (Å²) in [6.45, 7) is 0. The second kappa shape index (κ2) is 1.73. The van der Waals surface area contributed by atoms with E-state index in [4.69, 9.17) is 11.6 Å². The number of carbonyl (C=O) groups is 1. The summed E-state index contributed by atoms with van der Waals surface area (Å²) in [6, 6.07) is 0. The van der Waals surface area contributed by atoms with Crippen LogP contribution in [0.25, 0.3) is 0 Å². The molecule has 0 saturated heterocycles. The summed E-state index contributed by atoms with van der Waals surface area (Å²) in [5.74, 6) is 0.391. The predicted molar refractivity (Wildman–Crippen MR) is 39.7 cm³/mol. The molecule has 1 fully saturated rings. The molecule has 52 valence electrons. The number of halogens is 1. The lowest BCUT2D eigenvalue weighted by Gasteiger charge is -2.05. The molecule has 0 amide bonds. The topological polar surface area (TPSA) is 17.1 Å². The van der Waals surface area contributed by atoms with Gasteiger partial charge in [0.25, 0.3) is 0 Å². The molecule has 10 heavy (non-hydrogen) atoms. The number of fused-ring (bicyclic) bond motifs is 1. The van der Waals surface area contributed by atoms with E-state index in [2.05, 4.69) is 0 Å². The highest BCUT2D eigenvalue weighted by molar-refractivity contribution is 6.65. The van der Waals surface area contributed by atoms with Gasteiger partial charge in [0.15, 0.2) is 0 Å². The van der Waals surface area contributed by atoms with E-state index >= 15 is 0 Å². The van der Waals surface area contributed by atoms with E-state index in [9.17, 15) is 4.79 Å². The lowest BCUT2D eigenvalue weighted by atomic mass is 10.0. The van der Waals surface area contributed by atoms with Crippen molar-refractivity contribution in [2.75, 3.05) is 0 Å². The Labute approximate surface area is 64.4 Å². The first kappa shape index (κ1) is 6.17. The van der Waals surface area contributed by atoms with Crippen molar-refractivity contribution >= 4 is 16.8 Å². The third-order valence-corrected chi connectivity index (χ3v) is 2.63. The van der Waals surface area contributed by atoms with Crippen LogP contribution in [-0.2, 0) is 4.79 Å². The van der Waals surface area contributed by atoms with Crippen molar-refractivity contribution in [1.29, 1.82) is 0 Å². The average molecular weight is 155 g/mol. The van der Waals surface area contributed by atoms with Crippen molar-refractivity contribution in [3.05, 3.63) is 24.3 Å². The van der Waals surface area contributed by atoms with Gasteiger partial charge in [-0.05, 0) is 23.9 Å². The molecule has 1 saturated carbocycles. The van der Waals surface area contributed by atoms with Gasteiger partial charge < -0.3 is 0 Å². The van der Waals surface area contributed by atoms with Crippen LogP contribution in [0.15, 0.2) is 24.3 Å². The molecule has 0 aromatic rings. The molecule has 0 N–H and O–H groups in total. The minimum atomic E-state index is -0.295. The molecule has 2 rings (SSSR count). The molecule has 0 heterocycles. The molecule has 0 aliphatic heterocycles. The number of hydrogen-bond donors (Lipinski definition) is 0. The molecule has 0 aromatic carbocycles. The zero-order valence-corrected chi connectivity index (χ0v) is 6.14. The largest absolute Gasteiger partial charge is 0.280 e. The van der Waals surface area contributed by atoms with E-state index in [0.717, 1.165) is 6.42 Å². The average Bonchev–Trinajstić information content (AvgIpc) is 2.61. The lowest BCUT2D eigenvalue weighted by molar-refractivity contribution is -0.115. The lowest BCUT2D eigenvalue weighted by Crippen LogP contribution is -2.09. The van der Waals surface area contributed by atoms with Crippen LogP contribution in [0.1, 0.15) is 6.42 Å². The second-order valence-electron chi connectivity index (χ2n) is 2.87. The first-order valence-corrected chi connectivity index (χ1v) is 3.69. The summed E-state index contributed by atoms with van der Waals surface area (Å²) in [5, 5.41) is -0.210. The Morgan fingerprint density at radius 2 is 2.40 bits per heavy atom. The van der Waals surface area contributed by atoms with Gasteiger partial charge in [-0.1, -0.05) is 24.3 Å². The number of allylic oxidation sites excluding steroid dienone is 4. The minimum Gasteiger partial charge on any atom is -0.280 e. The third-order valence-electron chi connectivity index (χ3n) is 2.27. The van der Waals surface area contributed by atoms with Crippen LogP contribution < -0.4 is 0 Å². The molecule has 0 aromatic heterocycles. The first-order valence-electron chi connectivity index (χ1n) is 3.32. The molecule has 2 aliphatic carbocycles. The number of carbonyl (C=O) groups excluding carboxylic acids is 1. The van der Waals surface area contributed by atoms with E-state index in [-0.39, 0.29) is 10.7 Å². The Bertz CT molecular complexity index is 242. The highest BCUT2D eigenvalue weighted by Gasteiger charge is 2.56. The minimum absolute atomic E-state index is 0.210. The Kier molecular flexibility index (Phi) is 1.07. The van der Waals surface area contributed by atoms with Gasteiger partial charge in [0.1, 0.15) is 0 Å². The molecule has 2 aliphatic rings. The molecule has 2 heteroatoms. The molecule has 0 spiro atoms. The maximum absolute atomic E-state index is 10.8. The molecular weight excluding hydrogens is 148 g/mol. The van der Waals surface area contributed by atoms with Crippen molar-refractivity contribution < 1.29 is 4.79 Å². The van der Waals surface area contributed by atoms with E-state index in [1.165, 1.54) is 0 Å². The van der Waals surface area contributed by atoms with Crippen molar-refractivity contribution in [1.82, 2.24) is 0 Å². The van der Waals surface area contributed by atoms with Gasteiger partial charge in [-0.15, -0.1) is 0 Å². The maximum atomic E-state index is 10.8. The van der Waals surface area contributed by atoms with E-state index < -0.39 is 0 Å². The van der Waals surface area contributed by atoms with Crippen LogP contribution in [-0.4, -0.2) is 5.24 Å². The third kappa shape index (κ3) is 0.613. The van der Waals surface area contributed by atoms with Gasteiger partial charge in [0.2, 0.25) is 5.24 Å². The monoisotopic (exact) mass is 154 g/mol. The van der Waals surface area contributed by atoms with Gasteiger partial charge in [0, 0.05) is 0 Å². The molecule has 0 bridgehead atoms. The SMILES string of the molecule is O=C(Cl)C12C=CC=CC1C2. The molecule has 2 unspecified atom stereocenters. The Balaban J connectivity index is 2.31. The van der Waals surface area contributed by atoms with E-state index in [1.807, 2.05) is 24.3 Å². The van der Waals surface area contributed by atoms with Crippen LogP contribution >= 0.6 is 11.6 Å². The summed E-state index contributed by atoms with van der Waals surface area (Å²) < 4.78 is 0. The van der Waals surface area contributed by atoms with Crippen LogP contribution in [0.3, 0.4) is 0 Å². The first-order chi connectivity index (χ1) is 4.76. The summed E-state index contributed by atoms with van der Waals surface area (Å²) in [6.07, 6.45) is 8.72. The van der Waals surface area contributed by atoms with Gasteiger partial charge in [-0.25, -0.2) is 0 Å². The van der Waals surface area contributed by atoms with Crippen LogP contribution in [0.4, 0.5) is 0 Å². The molecule has 2 atom stereocenters. The Morgan fingerprint density at radius 1 is 1.60 bits per heavy atom. The van der Waals surface area contributed by atoms with E-state index in [1.54, 1.807) is 0 Å². The Hall–Kier alpha value is -0.560.